The van der Waals surface area contributed by atoms with Crippen LogP contribution in [0.25, 0.3) is 0 Å². The minimum atomic E-state index is -4.41. The van der Waals surface area contributed by atoms with Gasteiger partial charge in [0.05, 0.1) is 18.5 Å². The van der Waals surface area contributed by atoms with Gasteiger partial charge in [0.1, 0.15) is 5.82 Å². The highest BCUT2D eigenvalue weighted by molar-refractivity contribution is 6.02. The van der Waals surface area contributed by atoms with E-state index in [2.05, 4.69) is 10.3 Å². The number of piperazine rings is 1. The van der Waals surface area contributed by atoms with E-state index in [1.165, 1.54) is 6.07 Å². The third-order valence-corrected chi connectivity index (χ3v) is 5.96. The van der Waals surface area contributed by atoms with Gasteiger partial charge < -0.3 is 15.1 Å². The van der Waals surface area contributed by atoms with Crippen LogP contribution in [0.15, 0.2) is 36.5 Å². The molecule has 1 atom stereocenters. The summed E-state index contributed by atoms with van der Waals surface area (Å²) in [6.45, 7) is 3.86. The predicted molar refractivity (Wildman–Crippen MR) is 115 cm³/mol. The van der Waals surface area contributed by atoms with Gasteiger partial charge in [0.25, 0.3) is 0 Å². The predicted octanol–water partition coefficient (Wildman–Crippen LogP) is 2.77. The average Bonchev–Trinajstić information content (AvgIpc) is 3.02. The van der Waals surface area contributed by atoms with Crippen LogP contribution in [0.1, 0.15) is 18.1 Å². The van der Waals surface area contributed by atoms with Crippen LogP contribution in [-0.4, -0.2) is 61.0 Å². The molecule has 0 unspecified atom stereocenters. The molecule has 1 N–H and O–H groups in total. The lowest BCUT2D eigenvalue weighted by molar-refractivity contribution is -0.137. The first-order valence-electron chi connectivity index (χ1n) is 10.3. The molecular weight excluding hydrogens is 423 g/mol. The first kappa shape index (κ1) is 22.1. The standard InChI is InChI=1S/C22H24F3N5O2/c1-14-12-30(19-6-4-16(11-26-19)22(23,24)25)8-7-29(14)13-20(31)27-17-5-3-15-9-21(32)28(2)18(15)10-17/h3-6,10-11,14H,7-9,12-13H2,1-2H3,(H,27,31)/t14-/m1/s1. The van der Waals surface area contributed by atoms with Crippen molar-refractivity contribution < 1.29 is 22.8 Å². The number of hydrogen-bond donors (Lipinski definition) is 1. The second kappa shape index (κ2) is 8.42. The molecule has 4 rings (SSSR count). The molecule has 7 nitrogen and oxygen atoms in total. The number of benzene rings is 1. The van der Waals surface area contributed by atoms with E-state index in [-0.39, 0.29) is 24.4 Å². The highest BCUT2D eigenvalue weighted by Crippen LogP contribution is 2.31. The molecule has 0 aliphatic carbocycles. The van der Waals surface area contributed by atoms with Crippen LogP contribution in [-0.2, 0) is 22.2 Å². The van der Waals surface area contributed by atoms with E-state index >= 15 is 0 Å². The zero-order valence-electron chi connectivity index (χ0n) is 17.8. The Morgan fingerprint density at radius 2 is 2.00 bits per heavy atom. The minimum Gasteiger partial charge on any atom is -0.354 e. The van der Waals surface area contributed by atoms with E-state index in [4.69, 9.17) is 0 Å². The lowest BCUT2D eigenvalue weighted by Crippen LogP contribution is -2.54. The first-order valence-corrected chi connectivity index (χ1v) is 10.3. The topological polar surface area (TPSA) is 68.8 Å². The Hall–Kier alpha value is -3.14. The molecule has 1 aromatic carbocycles. The van der Waals surface area contributed by atoms with E-state index in [0.29, 0.717) is 37.6 Å². The summed E-state index contributed by atoms with van der Waals surface area (Å²) in [5, 5.41) is 2.89. The number of carbonyl (C=O) groups is 2. The number of amides is 2. The zero-order valence-corrected chi connectivity index (χ0v) is 17.8. The molecule has 170 valence electrons. The van der Waals surface area contributed by atoms with Gasteiger partial charge in [-0.3, -0.25) is 14.5 Å². The van der Waals surface area contributed by atoms with Gasteiger partial charge in [-0.1, -0.05) is 6.07 Å². The van der Waals surface area contributed by atoms with Crippen LogP contribution in [0.3, 0.4) is 0 Å². The van der Waals surface area contributed by atoms with Gasteiger partial charge >= 0.3 is 6.18 Å². The number of fused-ring (bicyclic) bond motifs is 1. The summed E-state index contributed by atoms with van der Waals surface area (Å²) in [5.74, 6) is 0.355. The molecule has 0 spiro atoms. The van der Waals surface area contributed by atoms with Crippen molar-refractivity contribution in [1.82, 2.24) is 9.88 Å². The number of rotatable bonds is 4. The summed E-state index contributed by atoms with van der Waals surface area (Å²) in [6, 6.07) is 7.88. The van der Waals surface area contributed by atoms with Crippen molar-refractivity contribution >= 4 is 29.0 Å². The number of alkyl halides is 3. The molecule has 1 saturated heterocycles. The fraction of sp³-hybridized carbons (Fsp3) is 0.409. The van der Waals surface area contributed by atoms with Crippen LogP contribution in [0.2, 0.25) is 0 Å². The van der Waals surface area contributed by atoms with Crippen molar-refractivity contribution in [3.8, 4) is 0 Å². The number of pyridine rings is 1. The molecule has 32 heavy (non-hydrogen) atoms. The lowest BCUT2D eigenvalue weighted by atomic mass is 10.1. The number of likely N-dealkylation sites (N-methyl/N-ethyl adjacent to an activating group) is 1. The van der Waals surface area contributed by atoms with Crippen molar-refractivity contribution in [2.75, 3.05) is 48.3 Å². The Bertz CT molecular complexity index is 1030. The Labute approximate surface area is 183 Å². The van der Waals surface area contributed by atoms with Crippen molar-refractivity contribution in [1.29, 1.82) is 0 Å². The highest BCUT2D eigenvalue weighted by atomic mass is 19.4. The first-order chi connectivity index (χ1) is 15.1. The molecule has 1 fully saturated rings. The number of nitrogens with zero attached hydrogens (tertiary/aromatic N) is 4. The van der Waals surface area contributed by atoms with Crippen LogP contribution >= 0.6 is 0 Å². The van der Waals surface area contributed by atoms with Gasteiger partial charge in [-0.25, -0.2) is 4.98 Å². The molecule has 10 heteroatoms. The summed E-state index contributed by atoms with van der Waals surface area (Å²) in [6.07, 6.45) is -3.19. The van der Waals surface area contributed by atoms with Gasteiger partial charge in [0.15, 0.2) is 0 Å². The van der Waals surface area contributed by atoms with E-state index in [1.807, 2.05) is 22.8 Å². The number of anilines is 3. The van der Waals surface area contributed by atoms with Crippen LogP contribution in [0.4, 0.5) is 30.4 Å². The van der Waals surface area contributed by atoms with Gasteiger partial charge in [-0.2, -0.15) is 13.2 Å². The summed E-state index contributed by atoms with van der Waals surface area (Å²) >= 11 is 0. The van der Waals surface area contributed by atoms with Crippen molar-refractivity contribution in [2.45, 2.75) is 25.6 Å². The monoisotopic (exact) mass is 447 g/mol. The molecule has 1 aromatic heterocycles. The Morgan fingerprint density at radius 3 is 2.66 bits per heavy atom. The minimum absolute atomic E-state index is 0.0161. The number of hydrogen-bond acceptors (Lipinski definition) is 5. The number of carbonyl (C=O) groups excluding carboxylic acids is 2. The molecule has 0 saturated carbocycles. The normalized spacial score (nSPS) is 19.3. The molecular formula is C22H24F3N5O2. The molecule has 2 aromatic rings. The maximum Gasteiger partial charge on any atom is 0.417 e. The Kier molecular flexibility index (Phi) is 5.81. The smallest absolute Gasteiger partial charge is 0.354 e. The van der Waals surface area contributed by atoms with Crippen molar-refractivity contribution in [3.05, 3.63) is 47.7 Å². The van der Waals surface area contributed by atoms with Gasteiger partial charge in [0, 0.05) is 50.3 Å². The number of nitrogens with one attached hydrogen (secondary N) is 1. The summed E-state index contributed by atoms with van der Waals surface area (Å²) in [5.41, 5.74) is 1.61. The van der Waals surface area contributed by atoms with Gasteiger partial charge in [-0.05, 0) is 36.8 Å². The Morgan fingerprint density at radius 1 is 1.22 bits per heavy atom. The van der Waals surface area contributed by atoms with Gasteiger partial charge in [0.2, 0.25) is 11.8 Å². The van der Waals surface area contributed by atoms with Crippen molar-refractivity contribution in [2.24, 2.45) is 0 Å². The third-order valence-electron chi connectivity index (χ3n) is 5.96. The van der Waals surface area contributed by atoms with E-state index in [1.54, 1.807) is 24.1 Å². The zero-order chi connectivity index (χ0) is 23.0. The van der Waals surface area contributed by atoms with Crippen LogP contribution in [0.5, 0.6) is 0 Å². The lowest BCUT2D eigenvalue weighted by Gasteiger charge is -2.40. The third kappa shape index (κ3) is 4.55. The van der Waals surface area contributed by atoms with Crippen LogP contribution < -0.4 is 15.1 Å². The maximum absolute atomic E-state index is 12.7. The SMILES string of the molecule is C[C@@H]1CN(c2ccc(C(F)(F)F)cn2)CCN1CC(=O)Nc1ccc2c(c1)N(C)C(=O)C2. The van der Waals surface area contributed by atoms with E-state index in [9.17, 15) is 22.8 Å². The second-order valence-corrected chi connectivity index (χ2v) is 8.19. The number of aromatic nitrogens is 1. The summed E-state index contributed by atoms with van der Waals surface area (Å²) in [4.78, 5) is 33.9. The van der Waals surface area contributed by atoms with Gasteiger partial charge in [-0.15, -0.1) is 0 Å². The fourth-order valence-electron chi connectivity index (χ4n) is 4.08. The largest absolute Gasteiger partial charge is 0.417 e. The molecule has 3 heterocycles. The fourth-order valence-corrected chi connectivity index (χ4v) is 4.08. The average molecular weight is 447 g/mol. The quantitative estimate of drug-likeness (QED) is 0.781. The molecule has 0 bridgehead atoms. The maximum atomic E-state index is 12.7. The molecule has 2 aliphatic rings. The highest BCUT2D eigenvalue weighted by Gasteiger charge is 2.32. The number of halogens is 3. The molecule has 2 amide bonds. The second-order valence-electron chi connectivity index (χ2n) is 8.19. The van der Waals surface area contributed by atoms with E-state index in [0.717, 1.165) is 23.5 Å². The summed E-state index contributed by atoms with van der Waals surface area (Å²) in [7, 11) is 1.71. The summed E-state index contributed by atoms with van der Waals surface area (Å²) < 4.78 is 38.2. The molecule has 0 radical (unpaired) electrons. The van der Waals surface area contributed by atoms with Crippen molar-refractivity contribution in [3.63, 3.8) is 0 Å². The molecule has 2 aliphatic heterocycles. The Balaban J connectivity index is 1.33. The van der Waals surface area contributed by atoms with E-state index < -0.39 is 11.7 Å². The van der Waals surface area contributed by atoms with Crippen LogP contribution in [0, 0.1) is 0 Å².